The Morgan fingerprint density at radius 1 is 1.16 bits per heavy atom. The van der Waals surface area contributed by atoms with Gasteiger partial charge in [0.15, 0.2) is 0 Å². The molecule has 6 nitrogen and oxygen atoms in total. The topological polar surface area (TPSA) is 68.8 Å². The Labute approximate surface area is 182 Å². The van der Waals surface area contributed by atoms with E-state index in [0.717, 1.165) is 53.0 Å². The largest absolute Gasteiger partial charge is 0.489 e. The maximum absolute atomic E-state index is 12.3. The Balaban J connectivity index is 1.53. The van der Waals surface area contributed by atoms with Crippen LogP contribution in [-0.4, -0.2) is 58.6 Å². The fourth-order valence-electron chi connectivity index (χ4n) is 4.23. The zero-order chi connectivity index (χ0) is 21.8. The number of carboxylic acid groups (broad SMARTS) is 1. The van der Waals surface area contributed by atoms with Crippen molar-refractivity contribution in [3.05, 3.63) is 78.0 Å². The van der Waals surface area contributed by atoms with Gasteiger partial charge in [-0.05, 0) is 30.7 Å². The molecule has 2 heterocycles. The molecule has 1 atom stereocenters. The zero-order valence-electron chi connectivity index (χ0n) is 17.9. The van der Waals surface area contributed by atoms with Crippen molar-refractivity contribution in [3.8, 4) is 5.75 Å². The first-order valence-corrected chi connectivity index (χ1v) is 10.6. The number of carbonyl (C=O) groups is 1. The molecule has 2 N–H and O–H groups in total. The summed E-state index contributed by atoms with van der Waals surface area (Å²) < 4.78 is 5.97. The van der Waals surface area contributed by atoms with Crippen molar-refractivity contribution >= 4 is 16.9 Å². The molecule has 4 rings (SSSR count). The molecule has 0 unspecified atom stereocenters. The highest BCUT2D eigenvalue weighted by Crippen LogP contribution is 2.32. The molecule has 1 aliphatic rings. The highest BCUT2D eigenvalue weighted by Gasteiger charge is 2.32. The minimum atomic E-state index is -0.829. The third-order valence-corrected chi connectivity index (χ3v) is 5.73. The van der Waals surface area contributed by atoms with Crippen LogP contribution in [-0.2, 0) is 11.4 Å². The third kappa shape index (κ3) is 4.98. The van der Waals surface area contributed by atoms with Crippen LogP contribution >= 0.6 is 0 Å². The molecule has 6 heteroatoms. The number of hydrogen-bond acceptors (Lipinski definition) is 4. The molecule has 1 saturated heterocycles. The van der Waals surface area contributed by atoms with E-state index in [-0.39, 0.29) is 0 Å². The van der Waals surface area contributed by atoms with Crippen molar-refractivity contribution in [2.75, 3.05) is 32.7 Å². The number of carboxylic acids is 1. The van der Waals surface area contributed by atoms with E-state index in [1.54, 1.807) is 0 Å². The van der Waals surface area contributed by atoms with Crippen LogP contribution in [0.1, 0.15) is 24.1 Å². The molecule has 162 valence electrons. The number of benzene rings is 2. The fourth-order valence-corrected chi connectivity index (χ4v) is 4.23. The van der Waals surface area contributed by atoms with Crippen LogP contribution in [0.5, 0.6) is 5.75 Å². The van der Waals surface area contributed by atoms with Crippen molar-refractivity contribution in [3.63, 3.8) is 0 Å². The molecule has 0 bridgehead atoms. The van der Waals surface area contributed by atoms with Gasteiger partial charge in [0.25, 0.3) is 0 Å². The van der Waals surface area contributed by atoms with Gasteiger partial charge in [0.05, 0.1) is 0 Å². The van der Waals surface area contributed by atoms with Crippen LogP contribution in [0.3, 0.4) is 0 Å². The van der Waals surface area contributed by atoms with Crippen molar-refractivity contribution in [2.45, 2.75) is 19.6 Å². The number of aromatic nitrogens is 1. The number of piperazine rings is 1. The van der Waals surface area contributed by atoms with Gasteiger partial charge in [-0.2, -0.15) is 0 Å². The first kappa shape index (κ1) is 21.2. The summed E-state index contributed by atoms with van der Waals surface area (Å²) >= 11 is 0. The van der Waals surface area contributed by atoms with E-state index in [4.69, 9.17) is 4.74 Å². The van der Waals surface area contributed by atoms with E-state index in [9.17, 15) is 9.90 Å². The molecule has 0 spiro atoms. The SMILES string of the molecule is C=C(C)CN1CCN([C@H](C(=O)O)c2c[nH]c3ccc(OCc4ccccc4)cc23)CC1. The number of hydrogen-bond donors (Lipinski definition) is 2. The van der Waals surface area contributed by atoms with Crippen LogP contribution in [0.15, 0.2) is 66.9 Å². The molecule has 0 amide bonds. The highest BCUT2D eigenvalue weighted by molar-refractivity contribution is 5.90. The van der Waals surface area contributed by atoms with Crippen LogP contribution in [0.25, 0.3) is 10.9 Å². The van der Waals surface area contributed by atoms with Crippen molar-refractivity contribution < 1.29 is 14.6 Å². The van der Waals surface area contributed by atoms with E-state index in [2.05, 4.69) is 21.4 Å². The second kappa shape index (κ2) is 9.37. The number of H-pyrrole nitrogens is 1. The lowest BCUT2D eigenvalue weighted by Gasteiger charge is -2.37. The van der Waals surface area contributed by atoms with Gasteiger partial charge < -0.3 is 14.8 Å². The minimum Gasteiger partial charge on any atom is -0.489 e. The quantitative estimate of drug-likeness (QED) is 0.539. The Morgan fingerprint density at radius 2 is 1.90 bits per heavy atom. The molecule has 0 saturated carbocycles. The van der Waals surface area contributed by atoms with E-state index >= 15 is 0 Å². The van der Waals surface area contributed by atoms with Gasteiger partial charge in [-0.15, -0.1) is 0 Å². The summed E-state index contributed by atoms with van der Waals surface area (Å²) in [4.78, 5) is 19.9. The van der Waals surface area contributed by atoms with Gasteiger partial charge in [0.2, 0.25) is 0 Å². The molecule has 1 aromatic heterocycles. The number of fused-ring (bicyclic) bond motifs is 1. The van der Waals surface area contributed by atoms with Crippen LogP contribution < -0.4 is 4.74 Å². The van der Waals surface area contributed by atoms with Crippen LogP contribution in [0.4, 0.5) is 0 Å². The van der Waals surface area contributed by atoms with Crippen LogP contribution in [0, 0.1) is 0 Å². The number of ether oxygens (including phenoxy) is 1. The monoisotopic (exact) mass is 419 g/mol. The summed E-state index contributed by atoms with van der Waals surface area (Å²) in [6.07, 6.45) is 1.82. The summed E-state index contributed by atoms with van der Waals surface area (Å²) in [5.41, 5.74) is 3.91. The Kier molecular flexibility index (Phi) is 6.39. The summed E-state index contributed by atoms with van der Waals surface area (Å²) in [5.74, 6) is -0.0996. The number of aliphatic carboxylic acids is 1. The maximum atomic E-state index is 12.3. The third-order valence-electron chi connectivity index (χ3n) is 5.73. The van der Waals surface area contributed by atoms with Crippen molar-refractivity contribution in [1.82, 2.24) is 14.8 Å². The molecule has 2 aromatic carbocycles. The van der Waals surface area contributed by atoms with Crippen molar-refractivity contribution in [2.24, 2.45) is 0 Å². The van der Waals surface area contributed by atoms with Crippen LogP contribution in [0.2, 0.25) is 0 Å². The molecule has 1 aliphatic heterocycles. The highest BCUT2D eigenvalue weighted by atomic mass is 16.5. The molecule has 0 aliphatic carbocycles. The number of rotatable bonds is 8. The standard InChI is InChI=1S/C25H29N3O3/c1-18(2)16-27-10-12-28(13-11-27)24(25(29)30)22-15-26-23-9-8-20(14-21(22)23)31-17-19-6-4-3-5-7-19/h3-9,14-15,24,26H,1,10-13,16-17H2,2H3,(H,29,30)/t24-/m0/s1. The smallest absolute Gasteiger partial charge is 0.325 e. The van der Waals surface area contributed by atoms with Gasteiger partial charge in [-0.25, -0.2) is 0 Å². The molecule has 1 fully saturated rings. The molecule has 31 heavy (non-hydrogen) atoms. The molecular formula is C25H29N3O3. The summed E-state index contributed by atoms with van der Waals surface area (Å²) in [6, 6.07) is 15.1. The average Bonchev–Trinajstić information content (AvgIpc) is 3.17. The lowest BCUT2D eigenvalue weighted by Crippen LogP contribution is -2.49. The summed E-state index contributed by atoms with van der Waals surface area (Å²) in [5, 5.41) is 11.0. The Hall–Kier alpha value is -3.09. The lowest BCUT2D eigenvalue weighted by molar-refractivity contribution is -0.144. The molecular weight excluding hydrogens is 390 g/mol. The van der Waals surface area contributed by atoms with E-state index in [1.165, 1.54) is 0 Å². The predicted molar refractivity (Wildman–Crippen MR) is 122 cm³/mol. The Morgan fingerprint density at radius 3 is 2.58 bits per heavy atom. The first-order valence-electron chi connectivity index (χ1n) is 10.6. The number of nitrogens with zero attached hydrogens (tertiary/aromatic N) is 2. The van der Waals surface area contributed by atoms with E-state index < -0.39 is 12.0 Å². The van der Waals surface area contributed by atoms with Gasteiger partial charge >= 0.3 is 5.97 Å². The van der Waals surface area contributed by atoms with Gasteiger partial charge in [0, 0.05) is 55.4 Å². The minimum absolute atomic E-state index is 0.471. The summed E-state index contributed by atoms with van der Waals surface area (Å²) in [7, 11) is 0. The van der Waals surface area contributed by atoms with E-state index in [1.807, 2.05) is 61.7 Å². The van der Waals surface area contributed by atoms with E-state index in [0.29, 0.717) is 19.7 Å². The summed E-state index contributed by atoms with van der Waals surface area (Å²) in [6.45, 7) is 10.4. The predicted octanol–water partition coefficient (Wildman–Crippen LogP) is 4.07. The second-order valence-electron chi connectivity index (χ2n) is 8.24. The Bertz CT molecular complexity index is 1050. The average molecular weight is 420 g/mol. The van der Waals surface area contributed by atoms with Crippen molar-refractivity contribution in [1.29, 1.82) is 0 Å². The van der Waals surface area contributed by atoms with Gasteiger partial charge in [-0.1, -0.05) is 42.5 Å². The van der Waals surface area contributed by atoms with Gasteiger partial charge in [0.1, 0.15) is 18.4 Å². The molecule has 3 aromatic rings. The number of aromatic amines is 1. The maximum Gasteiger partial charge on any atom is 0.325 e. The zero-order valence-corrected chi connectivity index (χ0v) is 17.9. The fraction of sp³-hybridized carbons (Fsp3) is 0.320. The number of nitrogens with one attached hydrogen (secondary N) is 1. The van der Waals surface area contributed by atoms with Gasteiger partial charge in [-0.3, -0.25) is 14.6 Å². The molecule has 0 radical (unpaired) electrons. The second-order valence-corrected chi connectivity index (χ2v) is 8.24. The normalized spacial score (nSPS) is 16.3. The first-order chi connectivity index (χ1) is 15.0. The lowest BCUT2D eigenvalue weighted by atomic mass is 10.0.